The zero-order chi connectivity index (χ0) is 24.9. The minimum atomic E-state index is -0.775. The smallest absolute Gasteiger partial charge is 0.303 e. The first kappa shape index (κ1) is 26.8. The van der Waals surface area contributed by atoms with E-state index in [1.165, 1.54) is 19.3 Å². The number of aromatic nitrogens is 1. The Hall–Kier alpha value is -2.80. The molecule has 35 heavy (non-hydrogen) atoms. The molecule has 3 rings (SSSR count). The summed E-state index contributed by atoms with van der Waals surface area (Å²) in [5.41, 5.74) is 1.49. The van der Waals surface area contributed by atoms with E-state index in [4.69, 9.17) is 21.4 Å². The highest BCUT2D eigenvalue weighted by atomic mass is 35.5. The average molecular weight is 502 g/mol. The molecule has 1 aliphatic rings. The van der Waals surface area contributed by atoms with Gasteiger partial charge in [0.15, 0.2) is 0 Å². The first-order valence-electron chi connectivity index (χ1n) is 12.6. The summed E-state index contributed by atoms with van der Waals surface area (Å²) in [6, 6.07) is 8.96. The number of pyridine rings is 1. The van der Waals surface area contributed by atoms with Gasteiger partial charge in [0.05, 0.1) is 0 Å². The molecule has 190 valence electrons. The van der Waals surface area contributed by atoms with E-state index in [0.29, 0.717) is 48.4 Å². The Morgan fingerprint density at radius 2 is 1.86 bits per heavy atom. The third kappa shape index (κ3) is 9.76. The normalized spacial score (nSPS) is 13.9. The average Bonchev–Trinajstić information content (AvgIpc) is 2.86. The number of nitrogens with zero attached hydrogens (tertiary/aromatic N) is 2. The zero-order valence-corrected chi connectivity index (χ0v) is 21.0. The number of hydrogen-bond donors (Lipinski definition) is 2. The van der Waals surface area contributed by atoms with E-state index in [2.05, 4.69) is 10.3 Å². The molecule has 0 spiro atoms. The molecule has 1 aromatic heterocycles. The predicted octanol–water partition coefficient (Wildman–Crippen LogP) is 5.89. The number of carbonyl (C=O) groups is 2. The minimum absolute atomic E-state index is 0.0453. The number of benzene rings is 1. The number of anilines is 1. The number of carbonyl (C=O) groups excluding carboxylic acids is 1. The quantitative estimate of drug-likeness (QED) is 0.313. The zero-order valence-electron chi connectivity index (χ0n) is 20.3. The Balaban J connectivity index is 1.59. The van der Waals surface area contributed by atoms with Gasteiger partial charge < -0.3 is 20.1 Å². The first-order valence-corrected chi connectivity index (χ1v) is 13.0. The van der Waals surface area contributed by atoms with Gasteiger partial charge in [0, 0.05) is 54.7 Å². The van der Waals surface area contributed by atoms with Gasteiger partial charge in [-0.05, 0) is 61.9 Å². The Morgan fingerprint density at radius 3 is 2.60 bits per heavy atom. The van der Waals surface area contributed by atoms with Gasteiger partial charge >= 0.3 is 5.97 Å². The summed E-state index contributed by atoms with van der Waals surface area (Å²) in [4.78, 5) is 30.2. The largest absolute Gasteiger partial charge is 0.492 e. The van der Waals surface area contributed by atoms with Crippen LogP contribution in [0.1, 0.15) is 68.1 Å². The van der Waals surface area contributed by atoms with Crippen molar-refractivity contribution in [3.8, 4) is 5.75 Å². The van der Waals surface area contributed by atoms with Gasteiger partial charge in [0.25, 0.3) is 5.91 Å². The monoisotopic (exact) mass is 501 g/mol. The SMILES string of the molecule is O=C(O)CCCCCN(CC1CCCCC1)C(=O)c1cc(Cl)cc(OCCNc2ccncc2)c1. The molecule has 0 bridgehead atoms. The van der Waals surface area contributed by atoms with Crippen LogP contribution in [-0.4, -0.2) is 53.1 Å². The molecule has 2 aromatic rings. The van der Waals surface area contributed by atoms with E-state index in [1.54, 1.807) is 30.6 Å². The van der Waals surface area contributed by atoms with Crippen LogP contribution in [0.5, 0.6) is 5.75 Å². The number of aliphatic carboxylic acids is 1. The Morgan fingerprint density at radius 1 is 1.09 bits per heavy atom. The molecule has 8 heteroatoms. The molecule has 2 N–H and O–H groups in total. The van der Waals surface area contributed by atoms with Crippen molar-refractivity contribution in [1.82, 2.24) is 9.88 Å². The van der Waals surface area contributed by atoms with Crippen LogP contribution in [0.4, 0.5) is 5.69 Å². The van der Waals surface area contributed by atoms with Crippen LogP contribution in [-0.2, 0) is 4.79 Å². The third-order valence-corrected chi connectivity index (χ3v) is 6.53. The summed E-state index contributed by atoms with van der Waals surface area (Å²) in [5.74, 6) is 0.260. The lowest BCUT2D eigenvalue weighted by molar-refractivity contribution is -0.137. The summed E-state index contributed by atoms with van der Waals surface area (Å²) < 4.78 is 5.88. The van der Waals surface area contributed by atoms with Crippen LogP contribution >= 0.6 is 11.6 Å². The van der Waals surface area contributed by atoms with Gasteiger partial charge in [-0.15, -0.1) is 0 Å². The van der Waals surface area contributed by atoms with Gasteiger partial charge in [0.2, 0.25) is 0 Å². The van der Waals surface area contributed by atoms with Crippen LogP contribution in [0.25, 0.3) is 0 Å². The molecule has 0 saturated heterocycles. The molecule has 1 aromatic carbocycles. The lowest BCUT2D eigenvalue weighted by Gasteiger charge is -2.30. The van der Waals surface area contributed by atoms with Crippen LogP contribution in [0.2, 0.25) is 5.02 Å². The maximum absolute atomic E-state index is 13.5. The topological polar surface area (TPSA) is 91.8 Å². The standard InChI is InChI=1S/C27H36ClN3O4/c28-23-17-22(18-25(19-23)35-16-14-30-24-10-12-29-13-11-24)27(34)31(15-6-2-5-9-26(32)33)20-21-7-3-1-4-8-21/h10-13,17-19,21H,1-9,14-16,20H2,(H,29,30)(H,32,33). The molecule has 1 fully saturated rings. The van der Waals surface area contributed by atoms with Crippen molar-refractivity contribution in [3.05, 3.63) is 53.3 Å². The number of amides is 1. The van der Waals surface area contributed by atoms with Crippen molar-refractivity contribution in [2.24, 2.45) is 5.92 Å². The van der Waals surface area contributed by atoms with Gasteiger partial charge in [-0.2, -0.15) is 0 Å². The second-order valence-corrected chi connectivity index (χ2v) is 9.58. The minimum Gasteiger partial charge on any atom is -0.492 e. The van der Waals surface area contributed by atoms with Crippen molar-refractivity contribution in [1.29, 1.82) is 0 Å². The number of rotatable bonds is 14. The summed E-state index contributed by atoms with van der Waals surface area (Å²) >= 11 is 6.35. The second kappa shape index (κ2) is 14.6. The van der Waals surface area contributed by atoms with Gasteiger partial charge in [-0.25, -0.2) is 0 Å². The summed E-state index contributed by atoms with van der Waals surface area (Å²) in [6.07, 6.45) is 11.8. The van der Waals surface area contributed by atoms with Crippen molar-refractivity contribution >= 4 is 29.2 Å². The van der Waals surface area contributed by atoms with Gasteiger partial charge in [0.1, 0.15) is 12.4 Å². The Labute approximate surface area is 212 Å². The van der Waals surface area contributed by atoms with Crippen molar-refractivity contribution in [2.75, 3.05) is 31.6 Å². The first-order chi connectivity index (χ1) is 17.0. The molecule has 1 aliphatic carbocycles. The van der Waals surface area contributed by atoms with Crippen LogP contribution in [0, 0.1) is 5.92 Å². The van der Waals surface area contributed by atoms with Gasteiger partial charge in [-0.1, -0.05) is 37.3 Å². The lowest BCUT2D eigenvalue weighted by atomic mass is 9.88. The maximum atomic E-state index is 13.5. The van der Waals surface area contributed by atoms with Crippen molar-refractivity contribution in [2.45, 2.75) is 57.8 Å². The van der Waals surface area contributed by atoms with E-state index in [-0.39, 0.29) is 12.3 Å². The highest BCUT2D eigenvalue weighted by molar-refractivity contribution is 6.31. The van der Waals surface area contributed by atoms with E-state index in [1.807, 2.05) is 17.0 Å². The van der Waals surface area contributed by atoms with E-state index in [0.717, 1.165) is 37.9 Å². The molecule has 1 saturated carbocycles. The maximum Gasteiger partial charge on any atom is 0.303 e. The second-order valence-electron chi connectivity index (χ2n) is 9.15. The van der Waals surface area contributed by atoms with E-state index in [9.17, 15) is 9.59 Å². The fourth-order valence-corrected chi connectivity index (χ4v) is 4.72. The van der Waals surface area contributed by atoms with Gasteiger partial charge in [-0.3, -0.25) is 14.6 Å². The highest BCUT2D eigenvalue weighted by Crippen LogP contribution is 2.27. The molecular weight excluding hydrogens is 466 g/mol. The highest BCUT2D eigenvalue weighted by Gasteiger charge is 2.22. The number of unbranched alkanes of at least 4 members (excludes halogenated alkanes) is 2. The molecular formula is C27H36ClN3O4. The van der Waals surface area contributed by atoms with E-state index >= 15 is 0 Å². The number of carboxylic acids is 1. The molecule has 0 unspecified atom stereocenters. The number of ether oxygens (including phenoxy) is 1. The third-order valence-electron chi connectivity index (χ3n) is 6.31. The van der Waals surface area contributed by atoms with Crippen molar-refractivity contribution in [3.63, 3.8) is 0 Å². The molecule has 0 atom stereocenters. The van der Waals surface area contributed by atoms with E-state index < -0.39 is 5.97 Å². The molecule has 1 amide bonds. The number of halogens is 1. The van der Waals surface area contributed by atoms with Crippen LogP contribution < -0.4 is 10.1 Å². The summed E-state index contributed by atoms with van der Waals surface area (Å²) in [6.45, 7) is 2.37. The fourth-order valence-electron chi connectivity index (χ4n) is 4.50. The van der Waals surface area contributed by atoms with Crippen molar-refractivity contribution < 1.29 is 19.4 Å². The summed E-state index contributed by atoms with van der Waals surface area (Å²) in [5, 5.41) is 12.6. The molecule has 0 radical (unpaired) electrons. The fraction of sp³-hybridized carbons (Fsp3) is 0.519. The van der Waals surface area contributed by atoms with Crippen LogP contribution in [0.15, 0.2) is 42.7 Å². The Bertz CT molecular complexity index is 935. The number of carboxylic acid groups (broad SMARTS) is 1. The summed E-state index contributed by atoms with van der Waals surface area (Å²) in [7, 11) is 0. The molecule has 0 aliphatic heterocycles. The lowest BCUT2D eigenvalue weighted by Crippen LogP contribution is -2.37. The Kier molecular flexibility index (Phi) is 11.2. The predicted molar refractivity (Wildman–Crippen MR) is 138 cm³/mol. The molecule has 1 heterocycles. The number of hydrogen-bond acceptors (Lipinski definition) is 5. The molecule has 7 nitrogen and oxygen atoms in total. The van der Waals surface area contributed by atoms with Crippen LogP contribution in [0.3, 0.4) is 0 Å². The number of nitrogens with one attached hydrogen (secondary N) is 1.